The predicted octanol–water partition coefficient (Wildman–Crippen LogP) is 2.65. The molecule has 2 aromatic carbocycles. The van der Waals surface area contributed by atoms with Gasteiger partial charge in [-0.15, -0.1) is 0 Å². The van der Waals surface area contributed by atoms with Crippen molar-refractivity contribution >= 4 is 11.8 Å². The minimum atomic E-state index is -0.0505. The lowest BCUT2D eigenvalue weighted by molar-refractivity contribution is -0.171. The molecule has 0 saturated carbocycles. The van der Waals surface area contributed by atoms with Crippen molar-refractivity contribution in [3.05, 3.63) is 71.8 Å². The molecule has 0 unspecified atom stereocenters. The molecule has 140 valence electrons. The second-order valence-electron chi connectivity index (χ2n) is 7.27. The molecule has 5 heteroatoms. The summed E-state index contributed by atoms with van der Waals surface area (Å²) in [6, 6.07) is 20.2. The zero-order valence-electron chi connectivity index (χ0n) is 15.5. The number of rotatable bonds is 4. The average Bonchev–Trinajstić information content (AvgIpc) is 2.84. The van der Waals surface area contributed by atoms with Crippen LogP contribution in [0.1, 0.15) is 30.0 Å². The molecule has 2 saturated heterocycles. The average molecular weight is 363 g/mol. The number of hydrogen-bond acceptors (Lipinski definition) is 3. The van der Waals surface area contributed by atoms with Gasteiger partial charge in [-0.3, -0.25) is 14.5 Å². The van der Waals surface area contributed by atoms with Gasteiger partial charge in [-0.25, -0.2) is 10.0 Å². The lowest BCUT2D eigenvalue weighted by Gasteiger charge is -2.43. The van der Waals surface area contributed by atoms with Gasteiger partial charge in [-0.1, -0.05) is 60.7 Å². The molecule has 2 aliphatic rings. The summed E-state index contributed by atoms with van der Waals surface area (Å²) in [5, 5.41) is 3.41. The molecule has 2 aliphatic heterocycles. The Bertz CT molecular complexity index is 794. The quantitative estimate of drug-likeness (QED) is 0.839. The first-order chi connectivity index (χ1) is 13.2. The summed E-state index contributed by atoms with van der Waals surface area (Å²) in [5.74, 6) is 0.0389. The zero-order valence-corrected chi connectivity index (χ0v) is 15.5. The van der Waals surface area contributed by atoms with Crippen LogP contribution in [-0.4, -0.2) is 52.9 Å². The number of hydrazine groups is 1. The van der Waals surface area contributed by atoms with Crippen LogP contribution in [0.2, 0.25) is 0 Å². The fourth-order valence-electron chi connectivity index (χ4n) is 4.05. The van der Waals surface area contributed by atoms with Gasteiger partial charge < -0.3 is 0 Å². The molecule has 0 N–H and O–H groups in total. The molecule has 2 amide bonds. The van der Waals surface area contributed by atoms with Gasteiger partial charge in [0, 0.05) is 13.1 Å². The molecule has 0 aromatic heterocycles. The Morgan fingerprint density at radius 2 is 1.52 bits per heavy atom. The lowest BCUT2D eigenvalue weighted by atomic mass is 9.99. The van der Waals surface area contributed by atoms with E-state index in [0.717, 1.165) is 24.8 Å². The van der Waals surface area contributed by atoms with Gasteiger partial charge >= 0.3 is 0 Å². The van der Waals surface area contributed by atoms with Gasteiger partial charge in [0.2, 0.25) is 0 Å². The van der Waals surface area contributed by atoms with E-state index >= 15 is 0 Å². The predicted molar refractivity (Wildman–Crippen MR) is 104 cm³/mol. The number of hydrogen-bond donors (Lipinski definition) is 0. The van der Waals surface area contributed by atoms with Crippen molar-refractivity contribution in [2.45, 2.75) is 25.3 Å². The number of carbonyl (C=O) groups is 2. The Labute approximate surface area is 160 Å². The highest BCUT2D eigenvalue weighted by atomic mass is 16.2. The molecule has 5 nitrogen and oxygen atoms in total. The fraction of sp³-hybridized carbons (Fsp3) is 0.364. The smallest absolute Gasteiger partial charge is 0.255 e. The largest absolute Gasteiger partial charge is 0.285 e. The molecule has 0 aliphatic carbocycles. The maximum absolute atomic E-state index is 13.1. The fourth-order valence-corrected chi connectivity index (χ4v) is 4.05. The summed E-state index contributed by atoms with van der Waals surface area (Å²) < 4.78 is 0. The zero-order chi connectivity index (χ0) is 18.6. The molecule has 4 rings (SSSR count). The van der Waals surface area contributed by atoms with Gasteiger partial charge in [0.15, 0.2) is 0 Å². The molecule has 0 radical (unpaired) electrons. The first-order valence-corrected chi connectivity index (χ1v) is 9.66. The first-order valence-electron chi connectivity index (χ1n) is 9.66. The maximum atomic E-state index is 13.1. The van der Waals surface area contributed by atoms with Crippen LogP contribution in [-0.2, 0) is 16.0 Å². The van der Waals surface area contributed by atoms with Gasteiger partial charge in [0.25, 0.3) is 11.8 Å². The van der Waals surface area contributed by atoms with Gasteiger partial charge in [0.05, 0.1) is 19.1 Å². The van der Waals surface area contributed by atoms with Crippen LogP contribution in [0.15, 0.2) is 60.7 Å². The van der Waals surface area contributed by atoms with E-state index in [2.05, 4.69) is 12.1 Å². The molecule has 2 fully saturated rings. The van der Waals surface area contributed by atoms with Crippen LogP contribution in [0, 0.1) is 0 Å². The Balaban J connectivity index is 1.51. The summed E-state index contributed by atoms with van der Waals surface area (Å²) in [6.45, 7) is 1.93. The standard InChI is InChI=1S/C22H25N3O2/c26-21-16-23(15-13-18-8-3-1-4-9-18)17-22(27)25-20(12-7-14-24(21)25)19-10-5-2-6-11-19/h1-6,8-11,20H,7,12-17H2/t20-/m1/s1. The topological polar surface area (TPSA) is 43.9 Å². The van der Waals surface area contributed by atoms with E-state index in [1.54, 1.807) is 10.0 Å². The van der Waals surface area contributed by atoms with E-state index in [-0.39, 0.29) is 17.9 Å². The third kappa shape index (κ3) is 3.88. The highest BCUT2D eigenvalue weighted by Gasteiger charge is 2.39. The van der Waals surface area contributed by atoms with Crippen LogP contribution in [0.25, 0.3) is 0 Å². The summed E-state index contributed by atoms with van der Waals surface area (Å²) >= 11 is 0. The second kappa shape index (κ2) is 7.92. The summed E-state index contributed by atoms with van der Waals surface area (Å²) in [6.07, 6.45) is 2.64. The Hall–Kier alpha value is -2.66. The highest BCUT2D eigenvalue weighted by Crippen LogP contribution is 2.32. The van der Waals surface area contributed by atoms with E-state index in [4.69, 9.17) is 0 Å². The number of benzene rings is 2. The van der Waals surface area contributed by atoms with Crippen molar-refractivity contribution < 1.29 is 9.59 Å². The van der Waals surface area contributed by atoms with Crippen LogP contribution in [0.5, 0.6) is 0 Å². The Morgan fingerprint density at radius 1 is 0.852 bits per heavy atom. The normalized spacial score (nSPS) is 21.1. The first kappa shape index (κ1) is 17.7. The monoisotopic (exact) mass is 363 g/mol. The van der Waals surface area contributed by atoms with Crippen molar-refractivity contribution in [2.24, 2.45) is 0 Å². The minimum absolute atomic E-state index is 0.0162. The molecule has 0 spiro atoms. The molecular weight excluding hydrogens is 338 g/mol. The molecule has 2 heterocycles. The van der Waals surface area contributed by atoms with Gasteiger partial charge in [-0.05, 0) is 30.4 Å². The van der Waals surface area contributed by atoms with Gasteiger partial charge in [-0.2, -0.15) is 0 Å². The van der Waals surface area contributed by atoms with E-state index in [1.165, 1.54) is 5.56 Å². The van der Waals surface area contributed by atoms with Crippen molar-refractivity contribution in [3.63, 3.8) is 0 Å². The molecule has 1 atom stereocenters. The third-order valence-corrected chi connectivity index (χ3v) is 5.41. The van der Waals surface area contributed by atoms with Gasteiger partial charge in [0.1, 0.15) is 0 Å². The minimum Gasteiger partial charge on any atom is -0.285 e. The SMILES string of the molecule is O=C1CN(CCc2ccccc2)CC(=O)N2[C@@H](c3ccccc3)CCCN12. The number of carbonyl (C=O) groups excluding carboxylic acids is 2. The maximum Gasteiger partial charge on any atom is 0.255 e. The van der Waals surface area contributed by atoms with E-state index in [9.17, 15) is 9.59 Å². The van der Waals surface area contributed by atoms with Crippen molar-refractivity contribution in [1.29, 1.82) is 0 Å². The second-order valence-corrected chi connectivity index (χ2v) is 7.27. The molecular formula is C22H25N3O2. The Morgan fingerprint density at radius 3 is 2.26 bits per heavy atom. The summed E-state index contributed by atoms with van der Waals surface area (Å²) in [7, 11) is 0. The number of fused-ring (bicyclic) bond motifs is 1. The van der Waals surface area contributed by atoms with E-state index in [0.29, 0.717) is 26.2 Å². The number of nitrogens with zero attached hydrogens (tertiary/aromatic N) is 3. The lowest BCUT2D eigenvalue weighted by Crippen LogP contribution is -2.54. The van der Waals surface area contributed by atoms with E-state index < -0.39 is 0 Å². The van der Waals surface area contributed by atoms with Crippen molar-refractivity contribution in [2.75, 3.05) is 26.2 Å². The molecule has 2 aromatic rings. The van der Waals surface area contributed by atoms with Crippen molar-refractivity contribution in [1.82, 2.24) is 14.9 Å². The van der Waals surface area contributed by atoms with Crippen LogP contribution in [0.4, 0.5) is 0 Å². The number of amides is 2. The molecule has 0 bridgehead atoms. The summed E-state index contributed by atoms with van der Waals surface area (Å²) in [4.78, 5) is 28.0. The van der Waals surface area contributed by atoms with Crippen molar-refractivity contribution in [3.8, 4) is 0 Å². The van der Waals surface area contributed by atoms with E-state index in [1.807, 2.05) is 53.4 Å². The molecule has 27 heavy (non-hydrogen) atoms. The van der Waals surface area contributed by atoms with Crippen LogP contribution in [0.3, 0.4) is 0 Å². The summed E-state index contributed by atoms with van der Waals surface area (Å²) in [5.41, 5.74) is 2.32. The highest BCUT2D eigenvalue weighted by molar-refractivity contribution is 5.87. The van der Waals surface area contributed by atoms with Crippen LogP contribution < -0.4 is 0 Å². The van der Waals surface area contributed by atoms with Crippen LogP contribution >= 0.6 is 0 Å². The third-order valence-electron chi connectivity index (χ3n) is 5.41. The Kier molecular flexibility index (Phi) is 5.21.